The fraction of sp³-hybridized carbons (Fsp3) is 0.222. The third kappa shape index (κ3) is 2.73. The molecule has 0 saturated carbocycles. The van der Waals surface area contributed by atoms with Crippen LogP contribution in [0.5, 0.6) is 0 Å². The van der Waals surface area contributed by atoms with Gasteiger partial charge in [0.05, 0.1) is 11.4 Å². The number of hydrogen-bond acceptors (Lipinski definition) is 5. The smallest absolute Gasteiger partial charge is 0.200 e. The summed E-state index contributed by atoms with van der Waals surface area (Å²) in [4.78, 5) is 4.26. The predicted octanol–water partition coefficient (Wildman–Crippen LogP) is 2.85. The minimum absolute atomic E-state index is 0.704. The van der Waals surface area contributed by atoms with Gasteiger partial charge in [-0.25, -0.2) is 4.98 Å². The maximum Gasteiger partial charge on any atom is 0.200 e. The van der Waals surface area contributed by atoms with Crippen LogP contribution in [0, 0.1) is 20.8 Å². The summed E-state index contributed by atoms with van der Waals surface area (Å²) < 4.78 is 3.77. The highest BCUT2D eigenvalue weighted by Gasteiger charge is 2.11. The van der Waals surface area contributed by atoms with Gasteiger partial charge in [0.1, 0.15) is 12.2 Å². The summed E-state index contributed by atoms with van der Waals surface area (Å²) in [7, 11) is 0. The first kappa shape index (κ1) is 15.3. The molecule has 1 aromatic carbocycles. The molecule has 126 valence electrons. The molecule has 3 heterocycles. The van der Waals surface area contributed by atoms with E-state index < -0.39 is 0 Å². The van der Waals surface area contributed by atoms with Crippen LogP contribution >= 0.6 is 0 Å². The fourth-order valence-electron chi connectivity index (χ4n) is 2.88. The predicted molar refractivity (Wildman–Crippen MR) is 95.9 cm³/mol. The normalized spacial score (nSPS) is 11.2. The summed E-state index contributed by atoms with van der Waals surface area (Å²) in [5, 5.41) is 16.0. The van der Waals surface area contributed by atoms with E-state index in [0.717, 1.165) is 34.1 Å². The first-order valence-electron chi connectivity index (χ1n) is 8.14. The van der Waals surface area contributed by atoms with Gasteiger partial charge in [0.15, 0.2) is 0 Å². The summed E-state index contributed by atoms with van der Waals surface area (Å²) >= 11 is 0. The number of rotatable bonds is 4. The topological polar surface area (TPSA) is 72.9 Å². The number of anilines is 1. The van der Waals surface area contributed by atoms with Crippen molar-refractivity contribution in [2.75, 3.05) is 5.32 Å². The van der Waals surface area contributed by atoms with Gasteiger partial charge in [0.2, 0.25) is 5.65 Å². The Hall–Kier alpha value is -3.22. The van der Waals surface area contributed by atoms with Crippen molar-refractivity contribution in [1.82, 2.24) is 29.4 Å². The van der Waals surface area contributed by atoms with E-state index in [1.54, 1.807) is 10.8 Å². The zero-order valence-electron chi connectivity index (χ0n) is 14.4. The molecule has 0 unspecified atom stereocenters. The van der Waals surface area contributed by atoms with Crippen LogP contribution in [0.1, 0.15) is 22.6 Å². The molecule has 0 radical (unpaired) electrons. The summed E-state index contributed by atoms with van der Waals surface area (Å²) in [5.74, 6) is 0.975. The van der Waals surface area contributed by atoms with E-state index in [0.29, 0.717) is 6.54 Å². The molecule has 1 N–H and O–H groups in total. The molecule has 0 saturated heterocycles. The molecule has 0 bridgehead atoms. The Morgan fingerprint density at radius 1 is 1.08 bits per heavy atom. The van der Waals surface area contributed by atoms with Crippen molar-refractivity contribution in [3.63, 3.8) is 0 Å². The molecule has 0 aliphatic carbocycles. The van der Waals surface area contributed by atoms with Crippen LogP contribution in [0.2, 0.25) is 0 Å². The number of aromatic nitrogens is 6. The number of fused-ring (bicyclic) bond motifs is 1. The molecule has 25 heavy (non-hydrogen) atoms. The van der Waals surface area contributed by atoms with Crippen molar-refractivity contribution in [1.29, 1.82) is 0 Å². The summed E-state index contributed by atoms with van der Waals surface area (Å²) in [6, 6.07) is 8.43. The lowest BCUT2D eigenvalue weighted by Gasteiger charge is -2.12. The molecular weight excluding hydrogens is 314 g/mol. The highest BCUT2D eigenvalue weighted by atomic mass is 15.3. The standard InChI is InChI=1S/C18H19N7/c1-12-13(2)23-25-11-21-22-18(25)17(12)20-10-15-4-6-16(7-5-15)24-9-8-19-14(24)3/h4-9,11,20H,10H2,1-3H3. The number of benzene rings is 1. The monoisotopic (exact) mass is 333 g/mol. The lowest BCUT2D eigenvalue weighted by molar-refractivity contribution is 0.881. The van der Waals surface area contributed by atoms with Crippen LogP contribution in [0.25, 0.3) is 11.3 Å². The summed E-state index contributed by atoms with van der Waals surface area (Å²) in [6.07, 6.45) is 5.39. The van der Waals surface area contributed by atoms with E-state index in [1.807, 2.05) is 33.2 Å². The van der Waals surface area contributed by atoms with Crippen molar-refractivity contribution in [2.24, 2.45) is 0 Å². The Kier molecular flexibility index (Phi) is 3.68. The molecule has 0 spiro atoms. The molecule has 0 amide bonds. The SMILES string of the molecule is Cc1nn2cnnc2c(NCc2ccc(-n3ccnc3C)cc2)c1C. The second-order valence-electron chi connectivity index (χ2n) is 6.05. The summed E-state index contributed by atoms with van der Waals surface area (Å²) in [5.41, 5.74) is 6.06. The average molecular weight is 333 g/mol. The van der Waals surface area contributed by atoms with E-state index in [4.69, 9.17) is 0 Å². The Labute approximate surface area is 145 Å². The van der Waals surface area contributed by atoms with Gasteiger partial charge in [0, 0.05) is 24.6 Å². The Bertz CT molecular complexity index is 1030. The van der Waals surface area contributed by atoms with Crippen molar-refractivity contribution in [3.8, 4) is 5.69 Å². The first-order valence-corrected chi connectivity index (χ1v) is 8.14. The van der Waals surface area contributed by atoms with Gasteiger partial charge in [0.25, 0.3) is 0 Å². The fourth-order valence-corrected chi connectivity index (χ4v) is 2.88. The molecule has 0 aliphatic rings. The van der Waals surface area contributed by atoms with Gasteiger partial charge in [-0.15, -0.1) is 10.2 Å². The zero-order valence-corrected chi connectivity index (χ0v) is 14.4. The molecule has 3 aromatic heterocycles. The number of imidazole rings is 1. The van der Waals surface area contributed by atoms with E-state index in [-0.39, 0.29) is 0 Å². The quantitative estimate of drug-likeness (QED) is 0.622. The van der Waals surface area contributed by atoms with Gasteiger partial charge in [-0.3, -0.25) is 0 Å². The molecule has 4 rings (SSSR count). The molecule has 0 aliphatic heterocycles. The molecule has 7 heteroatoms. The highest BCUT2D eigenvalue weighted by Crippen LogP contribution is 2.22. The zero-order chi connectivity index (χ0) is 17.4. The largest absolute Gasteiger partial charge is 0.378 e. The van der Waals surface area contributed by atoms with Crippen molar-refractivity contribution in [2.45, 2.75) is 27.3 Å². The van der Waals surface area contributed by atoms with Crippen molar-refractivity contribution < 1.29 is 0 Å². The molecule has 0 atom stereocenters. The summed E-state index contributed by atoms with van der Waals surface area (Å²) in [6.45, 7) is 6.73. The molecular formula is C18H19N7. The van der Waals surface area contributed by atoms with Gasteiger partial charge >= 0.3 is 0 Å². The number of nitrogens with zero attached hydrogens (tertiary/aromatic N) is 6. The number of nitrogens with one attached hydrogen (secondary N) is 1. The van der Waals surface area contributed by atoms with Crippen LogP contribution < -0.4 is 5.32 Å². The lowest BCUT2D eigenvalue weighted by Crippen LogP contribution is -2.07. The maximum absolute atomic E-state index is 4.44. The molecule has 4 aromatic rings. The van der Waals surface area contributed by atoms with Gasteiger partial charge < -0.3 is 9.88 Å². The first-order chi connectivity index (χ1) is 12.1. The highest BCUT2D eigenvalue weighted by molar-refractivity contribution is 5.71. The Balaban J connectivity index is 1.57. The van der Waals surface area contributed by atoms with E-state index in [1.165, 1.54) is 5.56 Å². The maximum atomic E-state index is 4.44. The molecule has 0 fully saturated rings. The van der Waals surface area contributed by atoms with Crippen LogP contribution in [-0.4, -0.2) is 29.4 Å². The van der Waals surface area contributed by atoms with E-state index in [2.05, 4.69) is 54.4 Å². The van der Waals surface area contributed by atoms with E-state index >= 15 is 0 Å². The van der Waals surface area contributed by atoms with Crippen molar-refractivity contribution >= 4 is 11.3 Å². The van der Waals surface area contributed by atoms with Gasteiger partial charge in [-0.2, -0.15) is 9.61 Å². The Morgan fingerprint density at radius 3 is 2.60 bits per heavy atom. The van der Waals surface area contributed by atoms with Gasteiger partial charge in [-0.05, 0) is 44.0 Å². The average Bonchev–Trinajstić information content (AvgIpc) is 3.24. The molecule has 7 nitrogen and oxygen atoms in total. The third-order valence-electron chi connectivity index (χ3n) is 4.44. The van der Waals surface area contributed by atoms with Crippen LogP contribution in [0.4, 0.5) is 5.69 Å². The van der Waals surface area contributed by atoms with Crippen LogP contribution in [0.15, 0.2) is 43.0 Å². The van der Waals surface area contributed by atoms with Gasteiger partial charge in [-0.1, -0.05) is 12.1 Å². The number of aryl methyl sites for hydroxylation is 2. The minimum atomic E-state index is 0.704. The van der Waals surface area contributed by atoms with Crippen LogP contribution in [0.3, 0.4) is 0 Å². The van der Waals surface area contributed by atoms with Crippen LogP contribution in [-0.2, 0) is 6.54 Å². The lowest BCUT2D eigenvalue weighted by atomic mass is 10.1. The second-order valence-corrected chi connectivity index (χ2v) is 6.05. The third-order valence-corrected chi connectivity index (χ3v) is 4.44. The second kappa shape index (κ2) is 6.01. The minimum Gasteiger partial charge on any atom is -0.378 e. The number of hydrogen-bond donors (Lipinski definition) is 1. The van der Waals surface area contributed by atoms with E-state index in [9.17, 15) is 0 Å². The Morgan fingerprint density at radius 2 is 1.88 bits per heavy atom. The van der Waals surface area contributed by atoms with Crippen molar-refractivity contribution in [3.05, 3.63) is 65.6 Å².